The molecule has 118 valence electrons. The maximum atomic E-state index is 12.7. The van der Waals surface area contributed by atoms with E-state index in [2.05, 4.69) is 5.32 Å². The summed E-state index contributed by atoms with van der Waals surface area (Å²) in [6.07, 6.45) is 2.13. The maximum Gasteiger partial charge on any atom is 0.229 e. The van der Waals surface area contributed by atoms with Gasteiger partial charge in [0.25, 0.3) is 0 Å². The Labute approximate surface area is 128 Å². The van der Waals surface area contributed by atoms with Crippen molar-refractivity contribution < 1.29 is 18.8 Å². The van der Waals surface area contributed by atoms with Crippen LogP contribution in [0.5, 0.6) is 0 Å². The number of nitrogens with one attached hydrogen (secondary N) is 1. The lowest BCUT2D eigenvalue weighted by Gasteiger charge is -2.13. The third kappa shape index (κ3) is 4.65. The Bertz CT molecular complexity index is 541. The lowest BCUT2D eigenvalue weighted by Crippen LogP contribution is -2.34. The summed E-state index contributed by atoms with van der Waals surface area (Å²) in [6, 6.07) is 6.28. The summed E-state index contributed by atoms with van der Waals surface area (Å²) in [4.78, 5) is 35.6. The number of carbonyl (C=O) groups is 3. The number of benzene rings is 1. The zero-order chi connectivity index (χ0) is 15.9. The second-order valence-electron chi connectivity index (χ2n) is 5.27. The summed E-state index contributed by atoms with van der Waals surface area (Å²) in [5.74, 6) is -0.835. The van der Waals surface area contributed by atoms with Gasteiger partial charge in [0.15, 0.2) is 0 Å². The largest absolute Gasteiger partial charge is 0.356 e. The number of rotatable bonds is 7. The van der Waals surface area contributed by atoms with Crippen molar-refractivity contribution in [2.45, 2.75) is 32.1 Å². The van der Waals surface area contributed by atoms with E-state index in [-0.39, 0.29) is 49.3 Å². The average molecular weight is 306 g/mol. The number of aryl methyl sites for hydroxylation is 1. The van der Waals surface area contributed by atoms with E-state index in [1.54, 1.807) is 12.1 Å². The molecule has 1 aliphatic rings. The van der Waals surface area contributed by atoms with Crippen LogP contribution in [0.1, 0.15) is 31.2 Å². The van der Waals surface area contributed by atoms with E-state index in [9.17, 15) is 18.8 Å². The van der Waals surface area contributed by atoms with Crippen LogP contribution in [-0.4, -0.2) is 35.7 Å². The highest BCUT2D eigenvalue weighted by Gasteiger charge is 2.28. The van der Waals surface area contributed by atoms with E-state index < -0.39 is 0 Å². The number of carbonyl (C=O) groups excluding carboxylic acids is 3. The summed E-state index contributed by atoms with van der Waals surface area (Å²) in [6.45, 7) is 0.666. The van der Waals surface area contributed by atoms with E-state index in [1.807, 2.05) is 0 Å². The van der Waals surface area contributed by atoms with Crippen LogP contribution in [0.2, 0.25) is 0 Å². The lowest BCUT2D eigenvalue weighted by atomic mass is 10.1. The van der Waals surface area contributed by atoms with E-state index >= 15 is 0 Å². The number of hydrogen-bond donors (Lipinski definition) is 1. The van der Waals surface area contributed by atoms with E-state index in [4.69, 9.17) is 0 Å². The van der Waals surface area contributed by atoms with Crippen molar-refractivity contribution in [3.63, 3.8) is 0 Å². The highest BCUT2D eigenvalue weighted by atomic mass is 19.1. The highest BCUT2D eigenvalue weighted by Crippen LogP contribution is 2.11. The third-order valence-corrected chi connectivity index (χ3v) is 3.59. The molecule has 0 aliphatic carbocycles. The molecule has 1 aromatic carbocycles. The molecule has 1 fully saturated rings. The van der Waals surface area contributed by atoms with Gasteiger partial charge in [0, 0.05) is 32.4 Å². The van der Waals surface area contributed by atoms with E-state index in [0.29, 0.717) is 6.54 Å². The molecule has 1 aromatic rings. The van der Waals surface area contributed by atoms with Gasteiger partial charge in [0.05, 0.1) is 0 Å². The molecular weight excluding hydrogens is 287 g/mol. The molecule has 1 saturated heterocycles. The second kappa shape index (κ2) is 7.68. The first-order valence-corrected chi connectivity index (χ1v) is 7.40. The molecule has 22 heavy (non-hydrogen) atoms. The quantitative estimate of drug-likeness (QED) is 0.612. The summed E-state index contributed by atoms with van der Waals surface area (Å²) in [5, 5.41) is 2.76. The predicted octanol–water partition coefficient (Wildman–Crippen LogP) is 1.41. The van der Waals surface area contributed by atoms with Gasteiger partial charge >= 0.3 is 0 Å². The first-order valence-electron chi connectivity index (χ1n) is 7.40. The Hall–Kier alpha value is -2.24. The van der Waals surface area contributed by atoms with Gasteiger partial charge < -0.3 is 5.32 Å². The van der Waals surface area contributed by atoms with Crippen molar-refractivity contribution in [2.75, 3.05) is 13.1 Å². The van der Waals surface area contributed by atoms with Crippen molar-refractivity contribution in [1.82, 2.24) is 10.2 Å². The summed E-state index contributed by atoms with van der Waals surface area (Å²) >= 11 is 0. The minimum Gasteiger partial charge on any atom is -0.356 e. The molecule has 0 spiro atoms. The van der Waals surface area contributed by atoms with Crippen molar-refractivity contribution in [3.8, 4) is 0 Å². The molecule has 0 saturated carbocycles. The zero-order valence-corrected chi connectivity index (χ0v) is 12.3. The standard InChI is InChI=1S/C16H19FN2O3/c17-13-5-3-12(4-6-13)2-1-10-18-14(20)9-11-19-15(21)7-8-16(19)22/h3-6H,1-2,7-11H2,(H,18,20). The minimum atomic E-state index is -0.261. The number of amides is 3. The molecule has 0 bridgehead atoms. The fourth-order valence-electron chi connectivity index (χ4n) is 2.35. The van der Waals surface area contributed by atoms with E-state index in [0.717, 1.165) is 23.3 Å². The van der Waals surface area contributed by atoms with Gasteiger partial charge in [-0.3, -0.25) is 19.3 Å². The maximum absolute atomic E-state index is 12.7. The second-order valence-corrected chi connectivity index (χ2v) is 5.27. The Morgan fingerprint density at radius 1 is 1.14 bits per heavy atom. The van der Waals surface area contributed by atoms with Crippen molar-refractivity contribution in [3.05, 3.63) is 35.6 Å². The molecule has 5 nitrogen and oxygen atoms in total. The van der Waals surface area contributed by atoms with Gasteiger partial charge in [-0.05, 0) is 30.5 Å². The predicted molar refractivity (Wildman–Crippen MR) is 78.3 cm³/mol. The Balaban J connectivity index is 1.60. The molecule has 6 heteroatoms. The number of nitrogens with zero attached hydrogens (tertiary/aromatic N) is 1. The van der Waals surface area contributed by atoms with Crippen LogP contribution in [0.4, 0.5) is 4.39 Å². The van der Waals surface area contributed by atoms with Gasteiger partial charge in [0.2, 0.25) is 17.7 Å². The van der Waals surface area contributed by atoms with Crippen molar-refractivity contribution >= 4 is 17.7 Å². The fourth-order valence-corrected chi connectivity index (χ4v) is 2.35. The number of hydrogen-bond acceptors (Lipinski definition) is 3. The molecule has 0 unspecified atom stereocenters. The average Bonchev–Trinajstić information content (AvgIpc) is 2.82. The Kier molecular flexibility index (Phi) is 5.63. The topological polar surface area (TPSA) is 66.5 Å². The third-order valence-electron chi connectivity index (χ3n) is 3.59. The lowest BCUT2D eigenvalue weighted by molar-refractivity contribution is -0.138. The Morgan fingerprint density at radius 3 is 2.41 bits per heavy atom. The van der Waals surface area contributed by atoms with Crippen LogP contribution in [0.3, 0.4) is 0 Å². The molecule has 0 aromatic heterocycles. The van der Waals surface area contributed by atoms with Crippen LogP contribution in [0, 0.1) is 5.82 Å². The molecule has 1 N–H and O–H groups in total. The fraction of sp³-hybridized carbons (Fsp3) is 0.438. The molecule has 1 aliphatic heterocycles. The smallest absolute Gasteiger partial charge is 0.229 e. The molecule has 0 atom stereocenters. The van der Waals surface area contributed by atoms with Gasteiger partial charge in [-0.25, -0.2) is 4.39 Å². The molecule has 2 rings (SSSR count). The molecule has 1 heterocycles. The normalized spacial score (nSPS) is 14.5. The molecular formula is C16H19FN2O3. The molecule has 0 radical (unpaired) electrons. The van der Waals surface area contributed by atoms with E-state index in [1.165, 1.54) is 12.1 Å². The zero-order valence-electron chi connectivity index (χ0n) is 12.3. The van der Waals surface area contributed by atoms with Gasteiger partial charge in [-0.15, -0.1) is 0 Å². The summed E-state index contributed by atoms with van der Waals surface area (Å²) in [5.41, 5.74) is 1.02. The van der Waals surface area contributed by atoms with Crippen LogP contribution in [0.25, 0.3) is 0 Å². The first kappa shape index (κ1) is 16.1. The summed E-state index contributed by atoms with van der Waals surface area (Å²) < 4.78 is 12.7. The highest BCUT2D eigenvalue weighted by molar-refractivity contribution is 6.02. The van der Waals surface area contributed by atoms with Crippen LogP contribution >= 0.6 is 0 Å². The van der Waals surface area contributed by atoms with Gasteiger partial charge in [-0.2, -0.15) is 0 Å². The summed E-state index contributed by atoms with van der Waals surface area (Å²) in [7, 11) is 0. The van der Waals surface area contributed by atoms with Crippen molar-refractivity contribution in [2.24, 2.45) is 0 Å². The van der Waals surface area contributed by atoms with Gasteiger partial charge in [0.1, 0.15) is 5.82 Å². The monoisotopic (exact) mass is 306 g/mol. The number of imide groups is 1. The van der Waals surface area contributed by atoms with Crippen LogP contribution in [-0.2, 0) is 20.8 Å². The van der Waals surface area contributed by atoms with Gasteiger partial charge in [-0.1, -0.05) is 12.1 Å². The number of likely N-dealkylation sites (tertiary alicyclic amines) is 1. The Morgan fingerprint density at radius 2 is 1.77 bits per heavy atom. The SMILES string of the molecule is O=C(CCN1C(=O)CCC1=O)NCCCc1ccc(F)cc1. The minimum absolute atomic E-state index is 0.133. The number of halogens is 1. The first-order chi connectivity index (χ1) is 10.6. The van der Waals surface area contributed by atoms with Crippen LogP contribution < -0.4 is 5.32 Å². The molecule has 3 amide bonds. The van der Waals surface area contributed by atoms with Crippen molar-refractivity contribution in [1.29, 1.82) is 0 Å². The van der Waals surface area contributed by atoms with Crippen LogP contribution in [0.15, 0.2) is 24.3 Å².